The number of amides is 2. The first-order chi connectivity index (χ1) is 9.08. The van der Waals surface area contributed by atoms with Gasteiger partial charge in [0.2, 0.25) is 11.8 Å². The zero-order chi connectivity index (χ0) is 13.6. The van der Waals surface area contributed by atoms with Gasteiger partial charge in [-0.05, 0) is 12.1 Å². The Morgan fingerprint density at radius 3 is 2.95 bits per heavy atom. The molecule has 0 saturated carbocycles. The lowest BCUT2D eigenvalue weighted by Crippen LogP contribution is -2.28. The summed E-state index contributed by atoms with van der Waals surface area (Å²) in [7, 11) is 1.85. The minimum Gasteiger partial charge on any atom is -0.369 e. The van der Waals surface area contributed by atoms with E-state index in [-0.39, 0.29) is 12.3 Å². The van der Waals surface area contributed by atoms with Crippen LogP contribution in [0.25, 0.3) is 10.9 Å². The molecule has 0 radical (unpaired) electrons. The summed E-state index contributed by atoms with van der Waals surface area (Å²) in [4.78, 5) is 24.9. The van der Waals surface area contributed by atoms with Crippen molar-refractivity contribution in [3.63, 3.8) is 0 Å². The van der Waals surface area contributed by atoms with Gasteiger partial charge in [-0.1, -0.05) is 6.07 Å². The van der Waals surface area contributed by atoms with Gasteiger partial charge in [0.15, 0.2) is 0 Å². The molecule has 98 valence electrons. The molecule has 0 spiro atoms. The van der Waals surface area contributed by atoms with Crippen molar-refractivity contribution in [1.82, 2.24) is 9.78 Å². The zero-order valence-corrected chi connectivity index (χ0v) is 10.5. The van der Waals surface area contributed by atoms with Crippen LogP contribution in [0.1, 0.15) is 6.42 Å². The van der Waals surface area contributed by atoms with Gasteiger partial charge in [0.05, 0.1) is 23.3 Å². The number of rotatable bonds is 2. The number of aryl methyl sites for hydroxylation is 1. The van der Waals surface area contributed by atoms with Gasteiger partial charge in [-0.3, -0.25) is 14.3 Å². The molecule has 6 heteroatoms. The van der Waals surface area contributed by atoms with Gasteiger partial charge in [0.25, 0.3) is 0 Å². The largest absolute Gasteiger partial charge is 0.369 e. The Labute approximate surface area is 109 Å². The van der Waals surface area contributed by atoms with Crippen molar-refractivity contribution < 1.29 is 9.59 Å². The molecule has 0 aliphatic carbocycles. The number of nitrogens with zero attached hydrogens (tertiary/aromatic N) is 3. The number of nitrogens with two attached hydrogens (primary N) is 1. The Balaban J connectivity index is 2.05. The standard InChI is InChI=1S/C13H14N4O2/c1-16-10-3-2-4-11(9(10)6-15-16)17-7-8(13(14)19)5-12(17)18/h2-4,6,8H,5,7H2,1H3,(H2,14,19). The number of aromatic nitrogens is 2. The average molecular weight is 258 g/mol. The molecule has 1 aromatic heterocycles. The molecule has 3 rings (SSSR count). The van der Waals surface area contributed by atoms with Crippen LogP contribution in [0, 0.1) is 5.92 Å². The number of hydrogen-bond donors (Lipinski definition) is 1. The van der Waals surface area contributed by atoms with Crippen LogP contribution < -0.4 is 10.6 Å². The minimum absolute atomic E-state index is 0.0693. The Morgan fingerprint density at radius 1 is 1.47 bits per heavy atom. The highest BCUT2D eigenvalue weighted by Crippen LogP contribution is 2.31. The SMILES string of the molecule is Cn1ncc2c(N3CC(C(N)=O)CC3=O)cccc21. The molecule has 1 aliphatic heterocycles. The summed E-state index contributed by atoms with van der Waals surface area (Å²) in [6.45, 7) is 0.349. The molecular weight excluding hydrogens is 244 g/mol. The Kier molecular flexibility index (Phi) is 2.51. The molecule has 1 unspecified atom stereocenters. The summed E-state index contributed by atoms with van der Waals surface area (Å²) < 4.78 is 1.75. The van der Waals surface area contributed by atoms with E-state index in [1.54, 1.807) is 15.8 Å². The molecule has 1 aliphatic rings. The van der Waals surface area contributed by atoms with Crippen molar-refractivity contribution >= 4 is 28.4 Å². The summed E-state index contributed by atoms with van der Waals surface area (Å²) in [5.41, 5.74) is 7.03. The highest BCUT2D eigenvalue weighted by molar-refractivity contribution is 6.06. The van der Waals surface area contributed by atoms with Crippen molar-refractivity contribution in [3.8, 4) is 0 Å². The number of hydrogen-bond acceptors (Lipinski definition) is 3. The predicted octanol–water partition coefficient (Wildman–Crippen LogP) is 0.411. The van der Waals surface area contributed by atoms with Gasteiger partial charge >= 0.3 is 0 Å². The van der Waals surface area contributed by atoms with E-state index in [1.165, 1.54) is 0 Å². The number of carbonyl (C=O) groups is 2. The number of benzene rings is 1. The molecular formula is C13H14N4O2. The number of anilines is 1. The maximum Gasteiger partial charge on any atom is 0.227 e. The Morgan fingerprint density at radius 2 is 2.26 bits per heavy atom. The van der Waals surface area contributed by atoms with Crippen LogP contribution in [0.15, 0.2) is 24.4 Å². The van der Waals surface area contributed by atoms with Gasteiger partial charge in [0.1, 0.15) is 0 Å². The fourth-order valence-electron chi connectivity index (χ4n) is 2.53. The Hall–Kier alpha value is -2.37. The first kappa shape index (κ1) is 11.7. The smallest absolute Gasteiger partial charge is 0.227 e. The van der Waals surface area contributed by atoms with E-state index in [1.807, 2.05) is 25.2 Å². The lowest BCUT2D eigenvalue weighted by atomic mass is 10.1. The average Bonchev–Trinajstić information content (AvgIpc) is 2.94. The number of primary amides is 1. The van der Waals surface area contributed by atoms with Crippen LogP contribution in [0.2, 0.25) is 0 Å². The van der Waals surface area contributed by atoms with Gasteiger partial charge in [0, 0.05) is 25.4 Å². The fraction of sp³-hybridized carbons (Fsp3) is 0.308. The normalized spacial score (nSPS) is 19.3. The summed E-state index contributed by atoms with van der Waals surface area (Å²) in [5.74, 6) is -0.895. The number of carbonyl (C=O) groups excluding carboxylic acids is 2. The summed E-state index contributed by atoms with van der Waals surface area (Å²) >= 11 is 0. The molecule has 2 aromatic rings. The van der Waals surface area contributed by atoms with E-state index >= 15 is 0 Å². The molecule has 1 atom stereocenters. The molecule has 1 aromatic carbocycles. The third kappa shape index (κ3) is 1.76. The van der Waals surface area contributed by atoms with E-state index in [9.17, 15) is 9.59 Å². The van der Waals surface area contributed by atoms with Crippen LogP contribution in [-0.2, 0) is 16.6 Å². The zero-order valence-electron chi connectivity index (χ0n) is 10.5. The van der Waals surface area contributed by atoms with Crippen molar-refractivity contribution in [2.24, 2.45) is 18.7 Å². The van der Waals surface area contributed by atoms with Crippen molar-refractivity contribution in [1.29, 1.82) is 0 Å². The highest BCUT2D eigenvalue weighted by Gasteiger charge is 2.34. The molecule has 1 saturated heterocycles. The maximum atomic E-state index is 12.0. The van der Waals surface area contributed by atoms with E-state index < -0.39 is 11.8 Å². The first-order valence-corrected chi connectivity index (χ1v) is 6.08. The first-order valence-electron chi connectivity index (χ1n) is 6.08. The minimum atomic E-state index is -0.422. The fourth-order valence-corrected chi connectivity index (χ4v) is 2.53. The quantitative estimate of drug-likeness (QED) is 0.847. The predicted molar refractivity (Wildman–Crippen MR) is 70.4 cm³/mol. The van der Waals surface area contributed by atoms with Crippen LogP contribution in [-0.4, -0.2) is 28.1 Å². The maximum absolute atomic E-state index is 12.0. The van der Waals surface area contributed by atoms with Gasteiger partial charge in [-0.2, -0.15) is 5.10 Å². The second-order valence-corrected chi connectivity index (χ2v) is 4.79. The molecule has 1 fully saturated rings. The molecule has 2 N–H and O–H groups in total. The van der Waals surface area contributed by atoms with E-state index in [0.717, 1.165) is 16.6 Å². The van der Waals surface area contributed by atoms with Gasteiger partial charge in [-0.25, -0.2) is 0 Å². The lowest BCUT2D eigenvalue weighted by Gasteiger charge is -2.17. The summed E-state index contributed by atoms with van der Waals surface area (Å²) in [6, 6.07) is 5.69. The molecule has 2 heterocycles. The molecule has 2 amide bonds. The molecule has 0 bridgehead atoms. The van der Waals surface area contributed by atoms with Crippen molar-refractivity contribution in [2.45, 2.75) is 6.42 Å². The second kappa shape index (κ2) is 4.08. The monoisotopic (exact) mass is 258 g/mol. The lowest BCUT2D eigenvalue weighted by molar-refractivity contribution is -0.123. The Bertz CT molecular complexity index is 676. The second-order valence-electron chi connectivity index (χ2n) is 4.79. The van der Waals surface area contributed by atoms with Crippen molar-refractivity contribution in [2.75, 3.05) is 11.4 Å². The summed E-state index contributed by atoms with van der Waals surface area (Å²) in [5, 5.41) is 5.10. The van der Waals surface area contributed by atoms with E-state index in [2.05, 4.69) is 5.10 Å². The molecule has 19 heavy (non-hydrogen) atoms. The third-order valence-electron chi connectivity index (χ3n) is 3.59. The van der Waals surface area contributed by atoms with Crippen LogP contribution >= 0.6 is 0 Å². The third-order valence-corrected chi connectivity index (χ3v) is 3.59. The van der Waals surface area contributed by atoms with Gasteiger partial charge in [-0.15, -0.1) is 0 Å². The highest BCUT2D eigenvalue weighted by atomic mass is 16.2. The summed E-state index contributed by atoms with van der Waals surface area (Å²) in [6.07, 6.45) is 1.92. The number of fused-ring (bicyclic) bond motifs is 1. The van der Waals surface area contributed by atoms with Crippen LogP contribution in [0.4, 0.5) is 5.69 Å². The van der Waals surface area contributed by atoms with Gasteiger partial charge < -0.3 is 10.6 Å². The molecule has 6 nitrogen and oxygen atoms in total. The topological polar surface area (TPSA) is 81.2 Å². The van der Waals surface area contributed by atoms with Crippen LogP contribution in [0.5, 0.6) is 0 Å². The van der Waals surface area contributed by atoms with Crippen LogP contribution in [0.3, 0.4) is 0 Å². The van der Waals surface area contributed by atoms with Crippen molar-refractivity contribution in [3.05, 3.63) is 24.4 Å². The van der Waals surface area contributed by atoms with E-state index in [0.29, 0.717) is 6.54 Å². The van der Waals surface area contributed by atoms with E-state index in [4.69, 9.17) is 5.73 Å².